The summed E-state index contributed by atoms with van der Waals surface area (Å²) in [6.07, 6.45) is 1.31. The molecule has 0 heterocycles. The molecule has 0 saturated carbocycles. The second kappa shape index (κ2) is 6.86. The first-order chi connectivity index (χ1) is 6.11. The number of hydrogen-bond acceptors (Lipinski definition) is 4. The highest BCUT2D eigenvalue weighted by atomic mass is 16.5. The molecule has 0 bridgehead atoms. The number of esters is 1. The third-order valence-corrected chi connectivity index (χ3v) is 1.84. The van der Waals surface area contributed by atoms with Crippen molar-refractivity contribution in [1.82, 2.24) is 5.32 Å². The van der Waals surface area contributed by atoms with E-state index >= 15 is 0 Å². The molecule has 0 saturated heterocycles. The molecule has 0 rings (SSSR count). The van der Waals surface area contributed by atoms with Crippen LogP contribution in [0.3, 0.4) is 0 Å². The summed E-state index contributed by atoms with van der Waals surface area (Å²) in [6, 6.07) is -0.350. The summed E-state index contributed by atoms with van der Waals surface area (Å²) < 4.78 is 4.52. The zero-order chi connectivity index (χ0) is 10.3. The zero-order valence-corrected chi connectivity index (χ0v) is 8.54. The molecule has 13 heavy (non-hydrogen) atoms. The Labute approximate surface area is 79.3 Å². The summed E-state index contributed by atoms with van der Waals surface area (Å²) in [5.74, 6) is -0.302. The number of hydrogen-bond donors (Lipinski definition) is 2. The number of carbonyl (C=O) groups is 1. The van der Waals surface area contributed by atoms with Crippen LogP contribution in [-0.4, -0.2) is 36.9 Å². The largest absolute Gasteiger partial charge is 0.468 e. The molecule has 4 heteroatoms. The van der Waals surface area contributed by atoms with Gasteiger partial charge in [0.2, 0.25) is 0 Å². The number of methoxy groups -OCH3 is 1. The van der Waals surface area contributed by atoms with Gasteiger partial charge in [0.1, 0.15) is 6.04 Å². The van der Waals surface area contributed by atoms with Crippen molar-refractivity contribution in [1.29, 1.82) is 0 Å². The van der Waals surface area contributed by atoms with Crippen molar-refractivity contribution < 1.29 is 14.6 Å². The average Bonchev–Trinajstić information content (AvgIpc) is 2.13. The predicted molar refractivity (Wildman–Crippen MR) is 50.4 cm³/mol. The van der Waals surface area contributed by atoms with E-state index in [0.717, 1.165) is 12.8 Å². The quantitative estimate of drug-likeness (QED) is 0.590. The molecule has 2 N–H and O–H groups in total. The first-order valence-electron chi connectivity index (χ1n) is 4.61. The van der Waals surface area contributed by atoms with Crippen molar-refractivity contribution in [3.8, 4) is 0 Å². The molecule has 78 valence electrons. The number of rotatable bonds is 6. The Morgan fingerprint density at radius 3 is 2.69 bits per heavy atom. The lowest BCUT2D eigenvalue weighted by molar-refractivity contribution is -0.142. The van der Waals surface area contributed by atoms with Gasteiger partial charge in [-0.2, -0.15) is 0 Å². The Balaban J connectivity index is 3.56. The van der Waals surface area contributed by atoms with Crippen LogP contribution in [0.2, 0.25) is 0 Å². The molecule has 0 aliphatic carbocycles. The topological polar surface area (TPSA) is 58.6 Å². The standard InChI is InChI=1S/C9H19NO3/c1-4-5-8(11)6-10-7(2)9(12)13-3/h7-8,10-11H,4-6H2,1-3H3. The summed E-state index contributed by atoms with van der Waals surface area (Å²) in [6.45, 7) is 4.15. The van der Waals surface area contributed by atoms with E-state index in [4.69, 9.17) is 0 Å². The van der Waals surface area contributed by atoms with E-state index in [2.05, 4.69) is 10.1 Å². The van der Waals surface area contributed by atoms with E-state index in [-0.39, 0.29) is 18.1 Å². The highest BCUT2D eigenvalue weighted by Gasteiger charge is 2.13. The van der Waals surface area contributed by atoms with Crippen LogP contribution in [0.1, 0.15) is 26.7 Å². The molecule has 0 aromatic rings. The summed E-state index contributed by atoms with van der Waals surface area (Å²) >= 11 is 0. The molecule has 0 aliphatic heterocycles. The van der Waals surface area contributed by atoms with Crippen molar-refractivity contribution in [3.63, 3.8) is 0 Å². The van der Waals surface area contributed by atoms with Gasteiger partial charge in [-0.05, 0) is 13.3 Å². The molecule has 0 amide bonds. The van der Waals surface area contributed by atoms with Crippen molar-refractivity contribution in [2.24, 2.45) is 0 Å². The maximum Gasteiger partial charge on any atom is 0.322 e. The minimum absolute atomic E-state index is 0.302. The highest BCUT2D eigenvalue weighted by Crippen LogP contribution is 1.95. The maximum atomic E-state index is 10.9. The Kier molecular flexibility index (Phi) is 6.54. The molecule has 0 aromatic carbocycles. The van der Waals surface area contributed by atoms with Gasteiger partial charge in [0, 0.05) is 6.54 Å². The van der Waals surface area contributed by atoms with Gasteiger partial charge < -0.3 is 15.2 Å². The molecular formula is C9H19NO3. The normalized spacial score (nSPS) is 15.1. The van der Waals surface area contributed by atoms with E-state index in [1.54, 1.807) is 6.92 Å². The third-order valence-electron chi connectivity index (χ3n) is 1.84. The average molecular weight is 189 g/mol. The first kappa shape index (κ1) is 12.4. The van der Waals surface area contributed by atoms with Crippen LogP contribution in [-0.2, 0) is 9.53 Å². The second-order valence-electron chi connectivity index (χ2n) is 3.10. The van der Waals surface area contributed by atoms with Crippen LogP contribution in [0.4, 0.5) is 0 Å². The van der Waals surface area contributed by atoms with Gasteiger partial charge in [-0.15, -0.1) is 0 Å². The number of aliphatic hydroxyl groups is 1. The van der Waals surface area contributed by atoms with Gasteiger partial charge >= 0.3 is 5.97 Å². The minimum Gasteiger partial charge on any atom is -0.468 e. The van der Waals surface area contributed by atoms with Gasteiger partial charge in [-0.25, -0.2) is 0 Å². The Hall–Kier alpha value is -0.610. The van der Waals surface area contributed by atoms with Crippen LogP contribution < -0.4 is 5.32 Å². The second-order valence-corrected chi connectivity index (χ2v) is 3.10. The zero-order valence-electron chi connectivity index (χ0n) is 8.54. The van der Waals surface area contributed by atoms with Crippen molar-refractivity contribution in [3.05, 3.63) is 0 Å². The Morgan fingerprint density at radius 2 is 2.23 bits per heavy atom. The van der Waals surface area contributed by atoms with E-state index in [9.17, 15) is 9.90 Å². The summed E-state index contributed by atoms with van der Waals surface area (Å²) in [5.41, 5.74) is 0. The monoisotopic (exact) mass is 189 g/mol. The van der Waals surface area contributed by atoms with Gasteiger partial charge in [-0.1, -0.05) is 13.3 Å². The van der Waals surface area contributed by atoms with E-state index in [1.165, 1.54) is 7.11 Å². The number of ether oxygens (including phenoxy) is 1. The number of carbonyl (C=O) groups excluding carboxylic acids is 1. The molecule has 0 aromatic heterocycles. The maximum absolute atomic E-state index is 10.9. The molecule has 0 radical (unpaired) electrons. The highest BCUT2D eigenvalue weighted by molar-refractivity contribution is 5.75. The number of nitrogens with one attached hydrogen (secondary N) is 1. The van der Waals surface area contributed by atoms with Crippen LogP contribution in [0.5, 0.6) is 0 Å². The lowest BCUT2D eigenvalue weighted by Crippen LogP contribution is -2.39. The molecule has 4 nitrogen and oxygen atoms in total. The van der Waals surface area contributed by atoms with Gasteiger partial charge in [0.15, 0.2) is 0 Å². The van der Waals surface area contributed by atoms with Gasteiger partial charge in [0.25, 0.3) is 0 Å². The van der Waals surface area contributed by atoms with Crippen molar-refractivity contribution in [2.75, 3.05) is 13.7 Å². The van der Waals surface area contributed by atoms with Gasteiger partial charge in [-0.3, -0.25) is 4.79 Å². The summed E-state index contributed by atoms with van der Waals surface area (Å²) in [7, 11) is 1.35. The van der Waals surface area contributed by atoms with Crippen LogP contribution in [0.15, 0.2) is 0 Å². The fraction of sp³-hybridized carbons (Fsp3) is 0.889. The summed E-state index contributed by atoms with van der Waals surface area (Å²) in [4.78, 5) is 10.9. The van der Waals surface area contributed by atoms with Crippen LogP contribution >= 0.6 is 0 Å². The van der Waals surface area contributed by atoms with Crippen LogP contribution in [0, 0.1) is 0 Å². The van der Waals surface area contributed by atoms with E-state index in [0.29, 0.717) is 6.54 Å². The number of aliphatic hydroxyl groups excluding tert-OH is 1. The smallest absolute Gasteiger partial charge is 0.322 e. The van der Waals surface area contributed by atoms with Gasteiger partial charge in [0.05, 0.1) is 13.2 Å². The SMILES string of the molecule is CCCC(O)CNC(C)C(=O)OC. The Bertz CT molecular complexity index is 150. The van der Waals surface area contributed by atoms with E-state index < -0.39 is 0 Å². The molecular weight excluding hydrogens is 170 g/mol. The summed E-state index contributed by atoms with van der Waals surface area (Å²) in [5, 5.41) is 12.2. The fourth-order valence-electron chi connectivity index (χ4n) is 1.01. The Morgan fingerprint density at radius 1 is 1.62 bits per heavy atom. The first-order valence-corrected chi connectivity index (χ1v) is 4.61. The molecule has 0 fully saturated rings. The molecule has 0 spiro atoms. The van der Waals surface area contributed by atoms with E-state index in [1.807, 2.05) is 6.92 Å². The van der Waals surface area contributed by atoms with Crippen molar-refractivity contribution in [2.45, 2.75) is 38.8 Å². The lowest BCUT2D eigenvalue weighted by Gasteiger charge is -2.14. The lowest BCUT2D eigenvalue weighted by atomic mass is 10.2. The fourth-order valence-corrected chi connectivity index (χ4v) is 1.01. The minimum atomic E-state index is -0.378. The third kappa shape index (κ3) is 5.60. The predicted octanol–water partition coefficient (Wildman–Crippen LogP) is 0.298. The van der Waals surface area contributed by atoms with Crippen LogP contribution in [0.25, 0.3) is 0 Å². The molecule has 0 aliphatic rings. The molecule has 2 atom stereocenters. The molecule has 2 unspecified atom stereocenters. The van der Waals surface area contributed by atoms with Crippen molar-refractivity contribution >= 4 is 5.97 Å².